The molecule has 0 aliphatic carbocycles. The summed E-state index contributed by atoms with van der Waals surface area (Å²) >= 11 is 1.75. The van der Waals surface area contributed by atoms with Crippen molar-refractivity contribution >= 4 is 17.3 Å². The number of nitrogens with zero attached hydrogens (tertiary/aromatic N) is 3. The van der Waals surface area contributed by atoms with Crippen LogP contribution in [0, 0.1) is 0 Å². The molecule has 0 saturated carbocycles. The van der Waals surface area contributed by atoms with Crippen molar-refractivity contribution in [3.8, 4) is 0 Å². The highest BCUT2D eigenvalue weighted by molar-refractivity contribution is 7.07. The van der Waals surface area contributed by atoms with Crippen molar-refractivity contribution in [2.45, 2.75) is 39.3 Å². The number of thiophene rings is 1. The van der Waals surface area contributed by atoms with E-state index in [1.165, 1.54) is 36.2 Å². The molecule has 2 heterocycles. The predicted octanol–water partition coefficient (Wildman–Crippen LogP) is 3.74. The average molecular weight is 428 g/mol. The Morgan fingerprint density at radius 2 is 1.87 bits per heavy atom. The van der Waals surface area contributed by atoms with Gasteiger partial charge in [0.05, 0.1) is 6.54 Å². The van der Waals surface area contributed by atoms with E-state index in [-0.39, 0.29) is 0 Å². The molecule has 0 radical (unpaired) electrons. The molecule has 6 heteroatoms. The molecule has 164 valence electrons. The van der Waals surface area contributed by atoms with Crippen LogP contribution in [0.4, 0.5) is 0 Å². The van der Waals surface area contributed by atoms with Gasteiger partial charge in [-0.25, -0.2) is 4.99 Å². The minimum atomic E-state index is 0.471. The van der Waals surface area contributed by atoms with Gasteiger partial charge < -0.3 is 15.5 Å². The summed E-state index contributed by atoms with van der Waals surface area (Å²) in [5.74, 6) is 1.36. The first kappa shape index (κ1) is 22.8. The summed E-state index contributed by atoms with van der Waals surface area (Å²) in [7, 11) is 2.22. The Morgan fingerprint density at radius 1 is 1.07 bits per heavy atom. The van der Waals surface area contributed by atoms with Gasteiger partial charge in [0.15, 0.2) is 5.96 Å². The number of aliphatic imine (C=N–C) groups is 1. The van der Waals surface area contributed by atoms with Crippen molar-refractivity contribution in [2.75, 3.05) is 46.3 Å². The molecule has 2 N–H and O–H groups in total. The highest BCUT2D eigenvalue weighted by Crippen LogP contribution is 2.17. The van der Waals surface area contributed by atoms with Crippen molar-refractivity contribution in [3.63, 3.8) is 0 Å². The van der Waals surface area contributed by atoms with Gasteiger partial charge >= 0.3 is 0 Å². The third-order valence-electron chi connectivity index (χ3n) is 5.69. The molecule has 3 rings (SSSR count). The van der Waals surface area contributed by atoms with Crippen LogP contribution in [0.25, 0.3) is 0 Å². The molecule has 1 aromatic carbocycles. The van der Waals surface area contributed by atoms with Crippen LogP contribution >= 0.6 is 11.3 Å². The first-order valence-electron chi connectivity index (χ1n) is 11.2. The van der Waals surface area contributed by atoms with Crippen molar-refractivity contribution < 1.29 is 0 Å². The van der Waals surface area contributed by atoms with Gasteiger partial charge in [0.1, 0.15) is 0 Å². The molecule has 5 nitrogen and oxygen atoms in total. The molecular formula is C24H37N5S. The lowest BCUT2D eigenvalue weighted by Crippen LogP contribution is -2.39. The third kappa shape index (κ3) is 7.42. The largest absolute Gasteiger partial charge is 0.357 e. The Labute approximate surface area is 186 Å². The Morgan fingerprint density at radius 3 is 2.60 bits per heavy atom. The molecule has 0 amide bonds. The molecule has 2 aromatic rings. The summed E-state index contributed by atoms with van der Waals surface area (Å²) in [5.41, 5.74) is 4.02. The third-order valence-corrected chi connectivity index (χ3v) is 6.39. The van der Waals surface area contributed by atoms with Gasteiger partial charge in [-0.2, -0.15) is 11.3 Å². The maximum absolute atomic E-state index is 4.78. The summed E-state index contributed by atoms with van der Waals surface area (Å²) in [6, 6.07) is 11.2. The summed E-state index contributed by atoms with van der Waals surface area (Å²) in [6.45, 7) is 12.6. The molecule has 0 spiro atoms. The summed E-state index contributed by atoms with van der Waals surface area (Å²) in [4.78, 5) is 9.78. The van der Waals surface area contributed by atoms with Crippen LogP contribution < -0.4 is 10.6 Å². The van der Waals surface area contributed by atoms with Gasteiger partial charge in [-0.05, 0) is 72.9 Å². The highest BCUT2D eigenvalue weighted by atomic mass is 32.1. The first-order valence-corrected chi connectivity index (χ1v) is 12.1. The van der Waals surface area contributed by atoms with E-state index in [4.69, 9.17) is 4.99 Å². The summed E-state index contributed by atoms with van der Waals surface area (Å²) in [6.07, 6.45) is 1.26. The summed E-state index contributed by atoms with van der Waals surface area (Å²) in [5, 5.41) is 11.2. The fraction of sp³-hybridized carbons (Fsp3) is 0.542. The Hall–Kier alpha value is -1.89. The van der Waals surface area contributed by atoms with Gasteiger partial charge in [-0.1, -0.05) is 31.2 Å². The van der Waals surface area contributed by atoms with Crippen molar-refractivity contribution in [1.29, 1.82) is 0 Å². The van der Waals surface area contributed by atoms with E-state index in [2.05, 4.69) is 82.4 Å². The van der Waals surface area contributed by atoms with Crippen LogP contribution in [0.5, 0.6) is 0 Å². The fourth-order valence-corrected chi connectivity index (χ4v) is 4.48. The molecule has 1 saturated heterocycles. The lowest BCUT2D eigenvalue weighted by molar-refractivity contribution is 0.269. The van der Waals surface area contributed by atoms with Crippen LogP contribution in [0.3, 0.4) is 0 Å². The van der Waals surface area contributed by atoms with E-state index in [0.29, 0.717) is 12.5 Å². The van der Waals surface area contributed by atoms with Gasteiger partial charge in [0, 0.05) is 32.7 Å². The van der Waals surface area contributed by atoms with Crippen LogP contribution in [-0.4, -0.2) is 62.1 Å². The quantitative estimate of drug-likeness (QED) is 0.497. The smallest absolute Gasteiger partial charge is 0.191 e. The van der Waals surface area contributed by atoms with E-state index in [0.717, 1.165) is 38.7 Å². The zero-order chi connectivity index (χ0) is 21.2. The lowest BCUT2D eigenvalue weighted by Gasteiger charge is -2.20. The van der Waals surface area contributed by atoms with E-state index in [1.807, 2.05) is 0 Å². The number of guanidine groups is 1. The first-order chi connectivity index (χ1) is 14.6. The fourth-order valence-electron chi connectivity index (χ4n) is 3.70. The number of hydrogen-bond acceptors (Lipinski definition) is 4. The molecule has 0 bridgehead atoms. The van der Waals surface area contributed by atoms with Crippen molar-refractivity contribution in [3.05, 3.63) is 57.8 Å². The molecule has 1 fully saturated rings. The van der Waals surface area contributed by atoms with Crippen molar-refractivity contribution in [1.82, 2.24) is 20.4 Å². The van der Waals surface area contributed by atoms with Gasteiger partial charge in [-0.15, -0.1) is 0 Å². The Bertz CT molecular complexity index is 756. The number of nitrogens with one attached hydrogen (secondary N) is 2. The normalized spacial score (nSPS) is 17.5. The molecule has 1 atom stereocenters. The maximum Gasteiger partial charge on any atom is 0.191 e. The SMILES string of the molecule is CCNC(=NCc1ccc(CN2CCCN(C)CC2)cc1)NCC(C)c1ccsc1. The van der Waals surface area contributed by atoms with E-state index >= 15 is 0 Å². The molecule has 1 aliphatic heterocycles. The van der Waals surface area contributed by atoms with Gasteiger partial charge in [0.2, 0.25) is 0 Å². The van der Waals surface area contributed by atoms with E-state index < -0.39 is 0 Å². The van der Waals surface area contributed by atoms with Gasteiger partial charge in [0.25, 0.3) is 0 Å². The van der Waals surface area contributed by atoms with Crippen LogP contribution in [0.2, 0.25) is 0 Å². The topological polar surface area (TPSA) is 42.9 Å². The minimum Gasteiger partial charge on any atom is -0.357 e. The van der Waals surface area contributed by atoms with Crippen molar-refractivity contribution in [2.24, 2.45) is 4.99 Å². The Kier molecular flexibility index (Phi) is 9.18. The lowest BCUT2D eigenvalue weighted by atomic mass is 10.1. The number of benzene rings is 1. The molecule has 1 aromatic heterocycles. The highest BCUT2D eigenvalue weighted by Gasteiger charge is 2.12. The number of hydrogen-bond donors (Lipinski definition) is 2. The second kappa shape index (κ2) is 12.1. The summed E-state index contributed by atoms with van der Waals surface area (Å²) < 4.78 is 0. The zero-order valence-electron chi connectivity index (χ0n) is 18.7. The monoisotopic (exact) mass is 427 g/mol. The minimum absolute atomic E-state index is 0.471. The standard InChI is InChI=1S/C24H37N5S/c1-4-25-24(26-16-20(2)23-10-15-30-19-23)27-17-21-6-8-22(9-7-21)18-29-12-5-11-28(3)13-14-29/h6-10,15,19-20H,4-5,11-14,16-18H2,1-3H3,(H2,25,26,27). The molecular weight excluding hydrogens is 390 g/mol. The average Bonchev–Trinajstić information content (AvgIpc) is 3.22. The predicted molar refractivity (Wildman–Crippen MR) is 129 cm³/mol. The van der Waals surface area contributed by atoms with Gasteiger partial charge in [-0.3, -0.25) is 4.90 Å². The second-order valence-corrected chi connectivity index (χ2v) is 9.06. The zero-order valence-corrected chi connectivity index (χ0v) is 19.5. The Balaban J connectivity index is 1.50. The maximum atomic E-state index is 4.78. The van der Waals surface area contributed by atoms with E-state index in [1.54, 1.807) is 11.3 Å². The number of likely N-dealkylation sites (N-methyl/N-ethyl adjacent to an activating group) is 1. The van der Waals surface area contributed by atoms with Crippen LogP contribution in [0.15, 0.2) is 46.1 Å². The van der Waals surface area contributed by atoms with E-state index in [9.17, 15) is 0 Å². The van der Waals surface area contributed by atoms with Crippen LogP contribution in [-0.2, 0) is 13.1 Å². The van der Waals surface area contributed by atoms with Crippen LogP contribution in [0.1, 0.15) is 42.9 Å². The second-order valence-electron chi connectivity index (χ2n) is 8.28. The molecule has 1 aliphatic rings. The number of rotatable bonds is 8. The molecule has 30 heavy (non-hydrogen) atoms. The molecule has 1 unspecified atom stereocenters.